The molecule has 1 aliphatic heterocycles. The van der Waals surface area contributed by atoms with Crippen LogP contribution in [0.25, 0.3) is 0 Å². The summed E-state index contributed by atoms with van der Waals surface area (Å²) in [4.78, 5) is 25.2. The summed E-state index contributed by atoms with van der Waals surface area (Å²) in [6.45, 7) is 2.37. The van der Waals surface area contributed by atoms with E-state index in [0.29, 0.717) is 39.3 Å². The Balaban J connectivity index is 1.74. The second-order valence-corrected chi connectivity index (χ2v) is 4.76. The first-order valence-electron chi connectivity index (χ1n) is 6.98. The Morgan fingerprint density at radius 3 is 2.52 bits per heavy atom. The standard InChI is InChI=1S/C15H20N2O4/c1-20-13-4-2-12(3-5-13)6-7-16-14(18)15(19)17-8-10-21-11-9-17/h2-5H,6-11H2,1H3,(H,16,18). The molecule has 0 aliphatic carbocycles. The molecule has 0 atom stereocenters. The third kappa shape index (κ3) is 4.46. The summed E-state index contributed by atoms with van der Waals surface area (Å²) in [5.41, 5.74) is 1.08. The number of benzene rings is 1. The van der Waals surface area contributed by atoms with E-state index in [1.807, 2.05) is 24.3 Å². The van der Waals surface area contributed by atoms with Gasteiger partial charge in [-0.2, -0.15) is 0 Å². The Hall–Kier alpha value is -2.08. The third-order valence-electron chi connectivity index (χ3n) is 3.35. The highest BCUT2D eigenvalue weighted by atomic mass is 16.5. The van der Waals surface area contributed by atoms with E-state index in [1.54, 1.807) is 7.11 Å². The van der Waals surface area contributed by atoms with E-state index < -0.39 is 11.8 Å². The van der Waals surface area contributed by atoms with Crippen molar-refractivity contribution in [2.45, 2.75) is 6.42 Å². The summed E-state index contributed by atoms with van der Waals surface area (Å²) in [5, 5.41) is 2.65. The summed E-state index contributed by atoms with van der Waals surface area (Å²) in [5.74, 6) is -0.233. The largest absolute Gasteiger partial charge is 0.497 e. The molecule has 2 rings (SSSR count). The van der Waals surface area contributed by atoms with Crippen LogP contribution in [-0.4, -0.2) is 56.7 Å². The number of carbonyl (C=O) groups excluding carboxylic acids is 2. The molecule has 0 saturated carbocycles. The van der Waals surface area contributed by atoms with Gasteiger partial charge in [-0.3, -0.25) is 9.59 Å². The lowest BCUT2D eigenvalue weighted by Crippen LogP contribution is -2.48. The molecule has 0 unspecified atom stereocenters. The predicted octanol–water partition coefficient (Wildman–Crippen LogP) is 0.213. The molecule has 1 saturated heterocycles. The molecule has 0 bridgehead atoms. The van der Waals surface area contributed by atoms with E-state index in [9.17, 15) is 9.59 Å². The first-order valence-corrected chi connectivity index (χ1v) is 6.98. The number of hydrogen-bond donors (Lipinski definition) is 1. The van der Waals surface area contributed by atoms with Crippen LogP contribution in [0.2, 0.25) is 0 Å². The van der Waals surface area contributed by atoms with Crippen LogP contribution in [0.5, 0.6) is 5.75 Å². The molecule has 1 aromatic rings. The van der Waals surface area contributed by atoms with Gasteiger partial charge in [0.1, 0.15) is 5.75 Å². The lowest BCUT2D eigenvalue weighted by Gasteiger charge is -2.26. The number of amides is 2. The highest BCUT2D eigenvalue weighted by molar-refractivity contribution is 6.35. The quantitative estimate of drug-likeness (QED) is 0.806. The van der Waals surface area contributed by atoms with Crippen molar-refractivity contribution in [3.63, 3.8) is 0 Å². The second kappa shape index (κ2) is 7.64. The number of morpholine rings is 1. The molecule has 1 fully saturated rings. The SMILES string of the molecule is COc1ccc(CCNC(=O)C(=O)N2CCOCC2)cc1. The summed E-state index contributed by atoms with van der Waals surface area (Å²) in [6.07, 6.45) is 0.673. The maximum Gasteiger partial charge on any atom is 0.312 e. The van der Waals surface area contributed by atoms with E-state index >= 15 is 0 Å². The van der Waals surface area contributed by atoms with Crippen molar-refractivity contribution in [3.05, 3.63) is 29.8 Å². The van der Waals surface area contributed by atoms with Crippen LogP contribution in [0, 0.1) is 0 Å². The Morgan fingerprint density at radius 1 is 1.24 bits per heavy atom. The molecule has 1 heterocycles. The molecule has 6 nitrogen and oxygen atoms in total. The minimum absolute atomic E-state index is 0.432. The van der Waals surface area contributed by atoms with Crippen molar-refractivity contribution in [3.8, 4) is 5.75 Å². The van der Waals surface area contributed by atoms with Crippen molar-refractivity contribution in [1.82, 2.24) is 10.2 Å². The number of carbonyl (C=O) groups is 2. The maximum absolute atomic E-state index is 11.9. The molecule has 114 valence electrons. The Kier molecular flexibility index (Phi) is 5.57. The molecule has 0 radical (unpaired) electrons. The van der Waals surface area contributed by atoms with E-state index in [1.165, 1.54) is 4.90 Å². The predicted molar refractivity (Wildman–Crippen MR) is 77.1 cm³/mol. The van der Waals surface area contributed by atoms with E-state index in [2.05, 4.69) is 5.32 Å². The van der Waals surface area contributed by atoms with Gasteiger partial charge in [-0.1, -0.05) is 12.1 Å². The normalized spacial score (nSPS) is 14.6. The lowest BCUT2D eigenvalue weighted by molar-refractivity contribution is -0.148. The van der Waals surface area contributed by atoms with Crippen LogP contribution in [0.4, 0.5) is 0 Å². The number of hydrogen-bond acceptors (Lipinski definition) is 4. The van der Waals surface area contributed by atoms with Crippen molar-refractivity contribution in [2.75, 3.05) is 40.0 Å². The number of nitrogens with one attached hydrogen (secondary N) is 1. The van der Waals surface area contributed by atoms with Crippen LogP contribution in [-0.2, 0) is 20.7 Å². The van der Waals surface area contributed by atoms with Crippen molar-refractivity contribution in [2.24, 2.45) is 0 Å². The van der Waals surface area contributed by atoms with E-state index in [-0.39, 0.29) is 0 Å². The van der Waals surface area contributed by atoms with Gasteiger partial charge in [0.15, 0.2) is 0 Å². The average Bonchev–Trinajstić information content (AvgIpc) is 2.55. The van der Waals surface area contributed by atoms with Gasteiger partial charge in [0.25, 0.3) is 0 Å². The first-order chi connectivity index (χ1) is 10.2. The van der Waals surface area contributed by atoms with Crippen LogP contribution < -0.4 is 10.1 Å². The number of ether oxygens (including phenoxy) is 2. The van der Waals surface area contributed by atoms with E-state index in [0.717, 1.165) is 11.3 Å². The van der Waals surface area contributed by atoms with Crippen molar-refractivity contribution < 1.29 is 19.1 Å². The zero-order valence-corrected chi connectivity index (χ0v) is 12.1. The summed E-state index contributed by atoms with van der Waals surface area (Å²) < 4.78 is 10.2. The van der Waals surface area contributed by atoms with Gasteiger partial charge in [0.2, 0.25) is 0 Å². The fourth-order valence-corrected chi connectivity index (χ4v) is 2.10. The van der Waals surface area contributed by atoms with Gasteiger partial charge in [0, 0.05) is 19.6 Å². The van der Waals surface area contributed by atoms with E-state index in [4.69, 9.17) is 9.47 Å². The Bertz CT molecular complexity index is 481. The van der Waals surface area contributed by atoms with Crippen LogP contribution in [0.15, 0.2) is 24.3 Å². The van der Waals surface area contributed by atoms with Gasteiger partial charge in [-0.25, -0.2) is 0 Å². The number of methoxy groups -OCH3 is 1. The van der Waals surface area contributed by atoms with Gasteiger partial charge >= 0.3 is 11.8 Å². The topological polar surface area (TPSA) is 67.9 Å². The molecular formula is C15H20N2O4. The first kappa shape index (κ1) is 15.3. The second-order valence-electron chi connectivity index (χ2n) is 4.76. The van der Waals surface area contributed by atoms with Crippen molar-refractivity contribution >= 4 is 11.8 Å². The van der Waals surface area contributed by atoms with Crippen LogP contribution in [0.1, 0.15) is 5.56 Å². The third-order valence-corrected chi connectivity index (χ3v) is 3.35. The molecule has 0 spiro atoms. The fraction of sp³-hybridized carbons (Fsp3) is 0.467. The van der Waals surface area contributed by atoms with Crippen LogP contribution in [0.3, 0.4) is 0 Å². The van der Waals surface area contributed by atoms with Gasteiger partial charge in [-0.05, 0) is 24.1 Å². The average molecular weight is 292 g/mol. The van der Waals surface area contributed by atoms with Gasteiger partial charge in [0.05, 0.1) is 20.3 Å². The molecule has 6 heteroatoms. The molecular weight excluding hydrogens is 272 g/mol. The smallest absolute Gasteiger partial charge is 0.312 e. The molecule has 1 aliphatic rings. The molecule has 0 aromatic heterocycles. The zero-order valence-electron chi connectivity index (χ0n) is 12.1. The highest BCUT2D eigenvalue weighted by Gasteiger charge is 2.22. The Labute approximate surface area is 124 Å². The fourth-order valence-electron chi connectivity index (χ4n) is 2.10. The van der Waals surface area contributed by atoms with Crippen LogP contribution >= 0.6 is 0 Å². The monoisotopic (exact) mass is 292 g/mol. The summed E-state index contributed by atoms with van der Waals surface area (Å²) in [7, 11) is 1.62. The van der Waals surface area contributed by atoms with Gasteiger partial charge < -0.3 is 19.7 Å². The number of nitrogens with zero attached hydrogens (tertiary/aromatic N) is 1. The number of rotatable bonds is 4. The molecule has 1 aromatic carbocycles. The maximum atomic E-state index is 11.9. The molecule has 2 amide bonds. The molecule has 1 N–H and O–H groups in total. The van der Waals surface area contributed by atoms with Gasteiger partial charge in [-0.15, -0.1) is 0 Å². The minimum atomic E-state index is -0.551. The lowest BCUT2D eigenvalue weighted by atomic mass is 10.1. The van der Waals surface area contributed by atoms with Crippen molar-refractivity contribution in [1.29, 1.82) is 0 Å². The molecule has 21 heavy (non-hydrogen) atoms. The highest BCUT2D eigenvalue weighted by Crippen LogP contribution is 2.11. The zero-order chi connectivity index (χ0) is 15.1. The summed E-state index contributed by atoms with van der Waals surface area (Å²) >= 11 is 0. The minimum Gasteiger partial charge on any atom is -0.497 e. The summed E-state index contributed by atoms with van der Waals surface area (Å²) in [6, 6.07) is 7.62. The Morgan fingerprint density at radius 2 is 1.90 bits per heavy atom.